The lowest BCUT2D eigenvalue weighted by molar-refractivity contribution is -0.116. The largest absolute Gasteiger partial charge is 0.300 e. The minimum atomic E-state index is -0.0831. The summed E-state index contributed by atoms with van der Waals surface area (Å²) in [7, 11) is 0. The Hall–Kier alpha value is -3.50. The molecule has 0 saturated heterocycles. The average Bonchev–Trinajstić information content (AvgIpc) is 3.48. The van der Waals surface area contributed by atoms with Gasteiger partial charge in [-0.1, -0.05) is 83.3 Å². The molecule has 0 aliphatic heterocycles. The molecule has 10 heteroatoms. The molecule has 1 aliphatic rings. The van der Waals surface area contributed by atoms with Crippen molar-refractivity contribution in [2.45, 2.75) is 38.5 Å². The minimum absolute atomic E-state index is 0.0831. The van der Waals surface area contributed by atoms with Crippen molar-refractivity contribution in [3.05, 3.63) is 81.8 Å². The zero-order valence-corrected chi connectivity index (χ0v) is 21.2. The van der Waals surface area contributed by atoms with E-state index in [0.717, 1.165) is 46.8 Å². The smallest absolute Gasteiger partial charge is 0.230 e. The molecule has 5 rings (SSSR count). The Morgan fingerprint density at radius 1 is 0.667 bits per heavy atom. The van der Waals surface area contributed by atoms with Crippen molar-refractivity contribution in [1.29, 1.82) is 0 Å². The first-order valence-corrected chi connectivity index (χ1v) is 13.5. The van der Waals surface area contributed by atoms with E-state index >= 15 is 0 Å². The number of rotatable bonds is 10. The van der Waals surface area contributed by atoms with Crippen LogP contribution in [0.1, 0.15) is 34.0 Å². The van der Waals surface area contributed by atoms with Crippen molar-refractivity contribution in [1.82, 2.24) is 20.4 Å². The first-order valence-electron chi connectivity index (χ1n) is 11.9. The molecular weight excluding hydrogens is 492 g/mol. The maximum absolute atomic E-state index is 12.2. The molecule has 0 atom stereocenters. The van der Waals surface area contributed by atoms with Gasteiger partial charge >= 0.3 is 0 Å². The summed E-state index contributed by atoms with van der Waals surface area (Å²) in [5.41, 5.74) is 1.94. The van der Waals surface area contributed by atoms with Gasteiger partial charge in [-0.2, -0.15) is 0 Å². The molecule has 0 spiro atoms. The normalized spacial score (nSPS) is 16.8. The van der Waals surface area contributed by atoms with Gasteiger partial charge in [0, 0.05) is 12.8 Å². The number of nitrogens with one attached hydrogen (secondary N) is 2. The summed E-state index contributed by atoms with van der Waals surface area (Å²) in [6, 6.07) is 19.3. The van der Waals surface area contributed by atoms with E-state index in [1.165, 1.54) is 22.7 Å². The minimum Gasteiger partial charge on any atom is -0.300 e. The Morgan fingerprint density at radius 3 is 1.50 bits per heavy atom. The standard InChI is InChI=1S/C26H26N6O2S2/c33-21(13-17-7-3-1-4-8-17)27-25-31-29-23(35-25)15-19-11-20(12-19)16-24-30-32-26(36-24)28-22(34)14-18-9-5-2-6-10-18/h1-10,19-20H,11-16H2,(H,27,31,33)(H,28,32,34). The molecular formula is C26H26N6O2S2. The molecule has 1 fully saturated rings. The van der Waals surface area contributed by atoms with E-state index in [9.17, 15) is 9.59 Å². The van der Waals surface area contributed by atoms with E-state index in [0.29, 0.717) is 34.9 Å². The lowest BCUT2D eigenvalue weighted by Crippen LogP contribution is -2.27. The van der Waals surface area contributed by atoms with Gasteiger partial charge in [-0.25, -0.2) is 0 Å². The van der Waals surface area contributed by atoms with Crippen LogP contribution in [0.25, 0.3) is 0 Å². The fourth-order valence-electron chi connectivity index (χ4n) is 4.36. The summed E-state index contributed by atoms with van der Waals surface area (Å²) in [6.07, 6.45) is 4.60. The SMILES string of the molecule is O=C(Cc1ccccc1)Nc1nnc(CC2CC(Cc3nnc(NC(=O)Cc4ccccc4)s3)C2)s1. The number of amides is 2. The van der Waals surface area contributed by atoms with Crippen LogP contribution in [0, 0.1) is 11.8 Å². The molecule has 1 saturated carbocycles. The molecule has 36 heavy (non-hydrogen) atoms. The van der Waals surface area contributed by atoms with Crippen LogP contribution in [-0.2, 0) is 35.3 Å². The molecule has 184 valence electrons. The third-order valence-corrected chi connectivity index (χ3v) is 7.82. The fraction of sp³-hybridized carbons (Fsp3) is 0.308. The average molecular weight is 519 g/mol. The van der Waals surface area contributed by atoms with Crippen molar-refractivity contribution >= 4 is 44.8 Å². The van der Waals surface area contributed by atoms with Gasteiger partial charge in [0.1, 0.15) is 10.0 Å². The second kappa shape index (κ2) is 11.5. The Kier molecular flexibility index (Phi) is 7.73. The number of carbonyl (C=O) groups excluding carboxylic acids is 2. The highest BCUT2D eigenvalue weighted by molar-refractivity contribution is 7.15. The summed E-state index contributed by atoms with van der Waals surface area (Å²) in [6.45, 7) is 0. The second-order valence-electron chi connectivity index (χ2n) is 9.03. The van der Waals surface area contributed by atoms with Crippen LogP contribution in [0.3, 0.4) is 0 Å². The van der Waals surface area contributed by atoms with E-state index in [2.05, 4.69) is 31.0 Å². The molecule has 2 heterocycles. The van der Waals surface area contributed by atoms with Gasteiger partial charge in [-0.15, -0.1) is 20.4 Å². The van der Waals surface area contributed by atoms with Crippen LogP contribution in [0.4, 0.5) is 10.3 Å². The molecule has 1 aliphatic carbocycles. The van der Waals surface area contributed by atoms with Crippen molar-refractivity contribution in [2.75, 3.05) is 10.6 Å². The van der Waals surface area contributed by atoms with E-state index < -0.39 is 0 Å². The third kappa shape index (κ3) is 6.79. The van der Waals surface area contributed by atoms with Crippen molar-refractivity contribution in [2.24, 2.45) is 11.8 Å². The highest BCUT2D eigenvalue weighted by Gasteiger charge is 2.31. The number of anilines is 2. The molecule has 0 unspecified atom stereocenters. The summed E-state index contributed by atoms with van der Waals surface area (Å²) in [5.74, 6) is 0.961. The maximum atomic E-state index is 12.2. The summed E-state index contributed by atoms with van der Waals surface area (Å²) >= 11 is 2.90. The quantitative estimate of drug-likeness (QED) is 0.318. The Morgan fingerprint density at radius 2 is 1.08 bits per heavy atom. The van der Waals surface area contributed by atoms with Crippen molar-refractivity contribution < 1.29 is 9.59 Å². The maximum Gasteiger partial charge on any atom is 0.230 e. The molecule has 4 aromatic rings. The Bertz CT molecular complexity index is 1200. The number of nitrogens with zero attached hydrogens (tertiary/aromatic N) is 4. The topological polar surface area (TPSA) is 110 Å². The monoisotopic (exact) mass is 518 g/mol. The predicted octanol–water partition coefficient (Wildman–Crippen LogP) is 4.56. The van der Waals surface area contributed by atoms with Gasteiger partial charge in [0.05, 0.1) is 12.8 Å². The lowest BCUT2D eigenvalue weighted by Gasteiger charge is -2.34. The summed E-state index contributed by atoms with van der Waals surface area (Å²) < 4.78 is 0. The van der Waals surface area contributed by atoms with Crippen LogP contribution >= 0.6 is 22.7 Å². The number of aromatic nitrogens is 4. The summed E-state index contributed by atoms with van der Waals surface area (Å²) in [4.78, 5) is 24.5. The molecule has 8 nitrogen and oxygen atoms in total. The van der Waals surface area contributed by atoms with Gasteiger partial charge in [-0.3, -0.25) is 9.59 Å². The number of hydrogen-bond acceptors (Lipinski definition) is 8. The van der Waals surface area contributed by atoms with Gasteiger partial charge in [0.25, 0.3) is 0 Å². The molecule has 2 aromatic heterocycles. The molecule has 0 bridgehead atoms. The highest BCUT2D eigenvalue weighted by atomic mass is 32.1. The zero-order chi connectivity index (χ0) is 24.7. The predicted molar refractivity (Wildman–Crippen MR) is 141 cm³/mol. The van der Waals surface area contributed by atoms with E-state index in [1.54, 1.807) is 0 Å². The fourth-order valence-corrected chi connectivity index (χ4v) is 6.10. The van der Waals surface area contributed by atoms with Gasteiger partial charge < -0.3 is 10.6 Å². The zero-order valence-electron chi connectivity index (χ0n) is 19.6. The van der Waals surface area contributed by atoms with Crippen molar-refractivity contribution in [3.8, 4) is 0 Å². The Balaban J connectivity index is 1.02. The second-order valence-corrected chi connectivity index (χ2v) is 11.2. The highest BCUT2D eigenvalue weighted by Crippen LogP contribution is 2.39. The number of hydrogen-bond donors (Lipinski definition) is 2. The van der Waals surface area contributed by atoms with E-state index in [1.807, 2.05) is 60.7 Å². The van der Waals surface area contributed by atoms with Crippen LogP contribution in [0.5, 0.6) is 0 Å². The van der Waals surface area contributed by atoms with Crippen LogP contribution in [-0.4, -0.2) is 32.2 Å². The molecule has 2 N–H and O–H groups in total. The van der Waals surface area contributed by atoms with Crippen LogP contribution in [0.2, 0.25) is 0 Å². The lowest BCUT2D eigenvalue weighted by atomic mass is 9.72. The van der Waals surface area contributed by atoms with Crippen molar-refractivity contribution in [3.63, 3.8) is 0 Å². The van der Waals surface area contributed by atoms with Gasteiger partial charge in [0.2, 0.25) is 22.1 Å². The third-order valence-electron chi connectivity index (χ3n) is 6.10. The van der Waals surface area contributed by atoms with E-state index in [4.69, 9.17) is 0 Å². The van der Waals surface area contributed by atoms with Crippen LogP contribution < -0.4 is 10.6 Å². The number of benzene rings is 2. The van der Waals surface area contributed by atoms with E-state index in [-0.39, 0.29) is 11.8 Å². The Labute approximate surface area is 217 Å². The van der Waals surface area contributed by atoms with Gasteiger partial charge in [0.15, 0.2) is 0 Å². The van der Waals surface area contributed by atoms with Crippen LogP contribution in [0.15, 0.2) is 60.7 Å². The molecule has 2 amide bonds. The van der Waals surface area contributed by atoms with Gasteiger partial charge in [-0.05, 0) is 35.8 Å². The first kappa shape index (κ1) is 24.2. The summed E-state index contributed by atoms with van der Waals surface area (Å²) in [5, 5.41) is 25.5. The number of carbonyl (C=O) groups is 2. The first-order chi connectivity index (χ1) is 17.6. The molecule has 0 radical (unpaired) electrons. The molecule has 2 aromatic carbocycles.